The zero-order valence-corrected chi connectivity index (χ0v) is 14.9. The number of carbonyl (C=O) groups excluding carboxylic acids is 2. The van der Waals surface area contributed by atoms with Gasteiger partial charge in [-0.2, -0.15) is 0 Å². The molecule has 0 saturated carbocycles. The van der Waals surface area contributed by atoms with Gasteiger partial charge in [0.25, 0.3) is 11.8 Å². The van der Waals surface area contributed by atoms with Gasteiger partial charge < -0.3 is 5.32 Å². The number of benzene rings is 2. The van der Waals surface area contributed by atoms with Crippen LogP contribution >= 0.6 is 23.2 Å². The number of hydrogen-bond donors (Lipinski definition) is 1. The lowest BCUT2D eigenvalue weighted by Gasteiger charge is -2.19. The second kappa shape index (κ2) is 7.12. The Bertz CT molecular complexity index is 822. The van der Waals surface area contributed by atoms with Crippen LogP contribution in [-0.4, -0.2) is 29.8 Å². The van der Waals surface area contributed by atoms with Crippen molar-refractivity contribution in [2.24, 2.45) is 0 Å². The highest BCUT2D eigenvalue weighted by atomic mass is 35.5. The molecule has 1 N–H and O–H groups in total. The average molecular weight is 381 g/mol. The molecule has 0 unspecified atom stereocenters. The first kappa shape index (κ1) is 17.9. The Morgan fingerprint density at radius 1 is 1.08 bits per heavy atom. The van der Waals surface area contributed by atoms with Crippen molar-refractivity contribution >= 4 is 35.0 Å². The van der Waals surface area contributed by atoms with Crippen molar-refractivity contribution in [1.29, 1.82) is 0 Å². The summed E-state index contributed by atoms with van der Waals surface area (Å²) in [6, 6.07) is 9.11. The fourth-order valence-corrected chi connectivity index (χ4v) is 3.36. The normalized spacial score (nSPS) is 14.8. The molecule has 3 rings (SSSR count). The van der Waals surface area contributed by atoms with Crippen molar-refractivity contribution in [3.05, 3.63) is 69.0 Å². The fourth-order valence-electron chi connectivity index (χ4n) is 2.81. The van der Waals surface area contributed by atoms with Crippen LogP contribution in [0.2, 0.25) is 10.0 Å². The fraction of sp³-hybridized carbons (Fsp3) is 0.222. The van der Waals surface area contributed by atoms with E-state index in [1.807, 2.05) is 6.92 Å². The Morgan fingerprint density at radius 2 is 1.68 bits per heavy atom. The molecule has 4 nitrogen and oxygen atoms in total. The number of halogens is 3. The lowest BCUT2D eigenvalue weighted by Crippen LogP contribution is -2.37. The highest BCUT2D eigenvalue weighted by molar-refractivity contribution is 6.35. The van der Waals surface area contributed by atoms with E-state index in [1.165, 1.54) is 17.0 Å². The lowest BCUT2D eigenvalue weighted by atomic mass is 10.1. The molecule has 2 aromatic carbocycles. The number of fused-ring (bicyclic) bond motifs is 1. The first-order valence-electron chi connectivity index (χ1n) is 7.73. The molecule has 1 atom stereocenters. The molecule has 0 saturated heterocycles. The molecule has 2 aromatic rings. The van der Waals surface area contributed by atoms with Gasteiger partial charge in [0.05, 0.1) is 16.1 Å². The largest absolute Gasteiger partial charge is 0.308 e. The number of rotatable bonds is 5. The molecule has 0 bridgehead atoms. The van der Waals surface area contributed by atoms with Crippen LogP contribution in [0.25, 0.3) is 0 Å². The van der Waals surface area contributed by atoms with Crippen LogP contribution in [0.15, 0.2) is 36.4 Å². The summed E-state index contributed by atoms with van der Waals surface area (Å²) in [6.07, 6.45) is 0. The molecule has 0 spiro atoms. The third-order valence-electron chi connectivity index (χ3n) is 4.17. The Kier molecular flexibility index (Phi) is 5.08. The van der Waals surface area contributed by atoms with Crippen LogP contribution in [0.1, 0.15) is 39.2 Å². The van der Waals surface area contributed by atoms with E-state index in [2.05, 4.69) is 5.32 Å². The number of nitrogens with one attached hydrogen (secondary N) is 1. The van der Waals surface area contributed by atoms with Gasteiger partial charge in [-0.05, 0) is 36.8 Å². The summed E-state index contributed by atoms with van der Waals surface area (Å²) in [5, 5.41) is 3.46. The minimum atomic E-state index is -0.546. The van der Waals surface area contributed by atoms with Gasteiger partial charge >= 0.3 is 0 Å². The van der Waals surface area contributed by atoms with Gasteiger partial charge in [-0.15, -0.1) is 0 Å². The monoisotopic (exact) mass is 380 g/mol. The van der Waals surface area contributed by atoms with Gasteiger partial charge in [0.2, 0.25) is 0 Å². The van der Waals surface area contributed by atoms with Gasteiger partial charge in [0, 0.05) is 24.2 Å². The molecule has 1 heterocycles. The zero-order chi connectivity index (χ0) is 18.1. The number of carbonyl (C=O) groups is 2. The van der Waals surface area contributed by atoms with Crippen LogP contribution in [0.5, 0.6) is 0 Å². The zero-order valence-electron chi connectivity index (χ0n) is 13.4. The van der Waals surface area contributed by atoms with Crippen molar-refractivity contribution in [3.63, 3.8) is 0 Å². The van der Waals surface area contributed by atoms with Crippen molar-refractivity contribution in [2.75, 3.05) is 13.1 Å². The molecular weight excluding hydrogens is 366 g/mol. The summed E-state index contributed by atoms with van der Waals surface area (Å²) < 4.78 is 13.6. The third kappa shape index (κ3) is 3.40. The summed E-state index contributed by atoms with van der Waals surface area (Å²) in [4.78, 5) is 25.8. The molecule has 0 fully saturated rings. The maximum absolute atomic E-state index is 13.6. The van der Waals surface area contributed by atoms with Gasteiger partial charge in [-0.1, -0.05) is 35.3 Å². The number of hydrogen-bond acceptors (Lipinski definition) is 3. The number of amides is 2. The SMILES string of the molecule is C[C@H](NCCN1C(=O)c2ccccc2C1=O)c1cc(F)c(Cl)cc1Cl. The Balaban J connectivity index is 1.63. The van der Waals surface area contributed by atoms with E-state index < -0.39 is 5.82 Å². The quantitative estimate of drug-likeness (QED) is 0.627. The first-order valence-corrected chi connectivity index (χ1v) is 8.48. The number of nitrogens with zero attached hydrogens (tertiary/aromatic N) is 1. The maximum atomic E-state index is 13.6. The molecular formula is C18H15Cl2FN2O2. The third-order valence-corrected chi connectivity index (χ3v) is 4.79. The predicted octanol–water partition coefficient (Wildman–Crippen LogP) is 4.08. The van der Waals surface area contributed by atoms with Crippen molar-refractivity contribution in [2.45, 2.75) is 13.0 Å². The van der Waals surface area contributed by atoms with Gasteiger partial charge in [-0.3, -0.25) is 14.5 Å². The lowest BCUT2D eigenvalue weighted by molar-refractivity contribution is 0.0654. The van der Waals surface area contributed by atoms with Crippen molar-refractivity contribution in [1.82, 2.24) is 10.2 Å². The molecule has 0 aromatic heterocycles. The van der Waals surface area contributed by atoms with E-state index in [4.69, 9.17) is 23.2 Å². The number of imide groups is 1. The molecule has 25 heavy (non-hydrogen) atoms. The van der Waals surface area contributed by atoms with Gasteiger partial charge in [-0.25, -0.2) is 4.39 Å². The minimum Gasteiger partial charge on any atom is -0.308 e. The first-order chi connectivity index (χ1) is 11.9. The van der Waals surface area contributed by atoms with E-state index >= 15 is 0 Å². The summed E-state index contributed by atoms with van der Waals surface area (Å²) in [7, 11) is 0. The van der Waals surface area contributed by atoms with E-state index in [1.54, 1.807) is 24.3 Å². The van der Waals surface area contributed by atoms with Crippen LogP contribution in [0, 0.1) is 5.82 Å². The van der Waals surface area contributed by atoms with Crippen LogP contribution in [0.4, 0.5) is 4.39 Å². The Hall–Kier alpha value is -1.95. The van der Waals surface area contributed by atoms with E-state index in [0.717, 1.165) is 0 Å². The molecule has 0 aliphatic carbocycles. The Labute approximate surface area is 154 Å². The minimum absolute atomic E-state index is 0.0352. The molecule has 2 amide bonds. The smallest absolute Gasteiger partial charge is 0.261 e. The van der Waals surface area contributed by atoms with E-state index in [9.17, 15) is 14.0 Å². The topological polar surface area (TPSA) is 49.4 Å². The van der Waals surface area contributed by atoms with Crippen molar-refractivity contribution < 1.29 is 14.0 Å². The second-order valence-corrected chi connectivity index (χ2v) is 6.59. The predicted molar refractivity (Wildman–Crippen MR) is 94.6 cm³/mol. The highest BCUT2D eigenvalue weighted by Crippen LogP contribution is 2.28. The molecule has 0 radical (unpaired) electrons. The summed E-state index contributed by atoms with van der Waals surface area (Å²) >= 11 is 11.8. The van der Waals surface area contributed by atoms with Gasteiger partial charge in [0.15, 0.2) is 0 Å². The second-order valence-electron chi connectivity index (χ2n) is 5.77. The molecule has 1 aliphatic heterocycles. The van der Waals surface area contributed by atoms with Crippen molar-refractivity contribution in [3.8, 4) is 0 Å². The van der Waals surface area contributed by atoms with Gasteiger partial charge in [0.1, 0.15) is 5.82 Å². The average Bonchev–Trinajstić information content (AvgIpc) is 2.83. The summed E-state index contributed by atoms with van der Waals surface area (Å²) in [5.74, 6) is -1.15. The summed E-state index contributed by atoms with van der Waals surface area (Å²) in [6.45, 7) is 2.38. The van der Waals surface area contributed by atoms with E-state index in [-0.39, 0.29) is 29.4 Å². The van der Waals surface area contributed by atoms with Crippen LogP contribution in [0.3, 0.4) is 0 Å². The molecule has 130 valence electrons. The molecule has 1 aliphatic rings. The molecule has 7 heteroatoms. The van der Waals surface area contributed by atoms with E-state index in [0.29, 0.717) is 28.3 Å². The summed E-state index contributed by atoms with van der Waals surface area (Å²) in [5.41, 5.74) is 1.40. The highest BCUT2D eigenvalue weighted by Gasteiger charge is 2.34. The maximum Gasteiger partial charge on any atom is 0.261 e. The van der Waals surface area contributed by atoms with Crippen LogP contribution in [-0.2, 0) is 0 Å². The Morgan fingerprint density at radius 3 is 2.28 bits per heavy atom. The standard InChI is InChI=1S/C18H15Cl2FN2O2/c1-10(13-8-16(21)15(20)9-14(13)19)22-6-7-23-17(24)11-4-2-3-5-12(11)18(23)25/h2-5,8-10,22H,6-7H2,1H3/t10-/m0/s1. The van der Waals surface area contributed by atoms with Crippen LogP contribution < -0.4 is 5.32 Å².